The van der Waals surface area contributed by atoms with E-state index in [9.17, 15) is 4.79 Å². The van der Waals surface area contributed by atoms with Gasteiger partial charge in [0.15, 0.2) is 5.69 Å². The van der Waals surface area contributed by atoms with Gasteiger partial charge in [0.25, 0.3) is 0 Å². The van der Waals surface area contributed by atoms with Gasteiger partial charge in [-0.05, 0) is 18.2 Å². The maximum absolute atomic E-state index is 11.0. The second kappa shape index (κ2) is 5.10. The van der Waals surface area contributed by atoms with Gasteiger partial charge in [-0.2, -0.15) is 5.10 Å². The van der Waals surface area contributed by atoms with E-state index in [0.717, 1.165) is 0 Å². The second-order valence-corrected chi connectivity index (χ2v) is 4.13. The summed E-state index contributed by atoms with van der Waals surface area (Å²) < 4.78 is 6.78. The van der Waals surface area contributed by atoms with Crippen molar-refractivity contribution in [3.63, 3.8) is 0 Å². The number of carboxylic acids is 1. The van der Waals surface area contributed by atoms with Gasteiger partial charge < -0.3 is 9.84 Å². The monoisotopic (exact) mass is 266 g/mol. The van der Waals surface area contributed by atoms with Crippen LogP contribution >= 0.6 is 11.6 Å². The van der Waals surface area contributed by atoms with Crippen molar-refractivity contribution in [1.29, 1.82) is 0 Å². The van der Waals surface area contributed by atoms with Crippen molar-refractivity contribution >= 4 is 17.6 Å². The van der Waals surface area contributed by atoms with Gasteiger partial charge in [0.05, 0.1) is 6.20 Å². The molecular formula is C12H11ClN2O3. The SMILES string of the molecule is Cn1ncc(COc2cccc(Cl)c2)c1C(=O)O. The van der Waals surface area contributed by atoms with Crippen molar-refractivity contribution in [3.05, 3.63) is 46.7 Å². The van der Waals surface area contributed by atoms with Crippen LogP contribution in [0.1, 0.15) is 16.1 Å². The van der Waals surface area contributed by atoms with Gasteiger partial charge in [0, 0.05) is 17.6 Å². The highest BCUT2D eigenvalue weighted by atomic mass is 35.5. The first-order valence-corrected chi connectivity index (χ1v) is 5.58. The number of nitrogens with zero attached hydrogens (tertiary/aromatic N) is 2. The van der Waals surface area contributed by atoms with Crippen LogP contribution < -0.4 is 4.74 Å². The van der Waals surface area contributed by atoms with Crippen LogP contribution in [0.15, 0.2) is 30.5 Å². The Morgan fingerprint density at radius 2 is 2.33 bits per heavy atom. The Bertz CT molecular complexity index is 580. The maximum atomic E-state index is 11.0. The summed E-state index contributed by atoms with van der Waals surface area (Å²) in [6.45, 7) is 0.135. The number of aryl methyl sites for hydroxylation is 1. The van der Waals surface area contributed by atoms with E-state index in [1.54, 1.807) is 31.3 Å². The minimum Gasteiger partial charge on any atom is -0.489 e. The number of aromatic carboxylic acids is 1. The van der Waals surface area contributed by atoms with E-state index in [0.29, 0.717) is 16.3 Å². The minimum absolute atomic E-state index is 0.122. The summed E-state index contributed by atoms with van der Waals surface area (Å²) in [5.41, 5.74) is 0.641. The molecule has 2 rings (SSSR count). The zero-order chi connectivity index (χ0) is 13.1. The predicted molar refractivity (Wildman–Crippen MR) is 66.0 cm³/mol. The lowest BCUT2D eigenvalue weighted by Gasteiger charge is -2.06. The second-order valence-electron chi connectivity index (χ2n) is 3.69. The van der Waals surface area contributed by atoms with Crippen LogP contribution in [0, 0.1) is 0 Å². The number of benzene rings is 1. The van der Waals surface area contributed by atoms with E-state index >= 15 is 0 Å². The number of rotatable bonds is 4. The first-order valence-electron chi connectivity index (χ1n) is 5.20. The third-order valence-corrected chi connectivity index (χ3v) is 2.64. The summed E-state index contributed by atoms with van der Waals surface area (Å²) in [6, 6.07) is 6.92. The lowest BCUT2D eigenvalue weighted by molar-refractivity contribution is 0.0682. The fraction of sp³-hybridized carbons (Fsp3) is 0.167. The van der Waals surface area contributed by atoms with Crippen molar-refractivity contribution in [2.45, 2.75) is 6.61 Å². The molecule has 1 aromatic heterocycles. The summed E-state index contributed by atoms with van der Waals surface area (Å²) in [4.78, 5) is 11.0. The molecule has 0 radical (unpaired) electrons. The molecule has 0 saturated carbocycles. The van der Waals surface area contributed by atoms with Crippen LogP contribution in [0.5, 0.6) is 5.75 Å². The molecule has 1 aromatic carbocycles. The Morgan fingerprint density at radius 1 is 1.56 bits per heavy atom. The zero-order valence-corrected chi connectivity index (χ0v) is 10.4. The fourth-order valence-electron chi connectivity index (χ4n) is 1.58. The Labute approximate surface area is 109 Å². The van der Waals surface area contributed by atoms with Gasteiger partial charge in [-0.15, -0.1) is 0 Å². The van der Waals surface area contributed by atoms with Crippen LogP contribution in [-0.2, 0) is 13.7 Å². The van der Waals surface area contributed by atoms with Gasteiger partial charge in [-0.25, -0.2) is 4.79 Å². The minimum atomic E-state index is -1.03. The molecule has 2 aromatic rings. The molecule has 0 atom stereocenters. The quantitative estimate of drug-likeness (QED) is 0.923. The van der Waals surface area contributed by atoms with E-state index in [1.807, 2.05) is 0 Å². The molecule has 0 bridgehead atoms. The van der Waals surface area contributed by atoms with Gasteiger partial charge in [-0.1, -0.05) is 17.7 Å². The Morgan fingerprint density at radius 3 is 3.00 bits per heavy atom. The molecule has 1 N–H and O–H groups in total. The molecule has 94 valence electrons. The number of hydrogen-bond donors (Lipinski definition) is 1. The number of aromatic nitrogens is 2. The van der Waals surface area contributed by atoms with Crippen LogP contribution in [0.25, 0.3) is 0 Å². The molecule has 18 heavy (non-hydrogen) atoms. The molecule has 0 spiro atoms. The number of hydrogen-bond acceptors (Lipinski definition) is 3. The van der Waals surface area contributed by atoms with Crippen molar-refractivity contribution in [3.8, 4) is 5.75 Å². The van der Waals surface area contributed by atoms with Gasteiger partial charge in [0.2, 0.25) is 0 Å². The smallest absolute Gasteiger partial charge is 0.354 e. The largest absolute Gasteiger partial charge is 0.489 e. The van der Waals surface area contributed by atoms with Gasteiger partial charge in [0.1, 0.15) is 12.4 Å². The van der Waals surface area contributed by atoms with E-state index in [1.165, 1.54) is 10.9 Å². The van der Waals surface area contributed by atoms with E-state index < -0.39 is 5.97 Å². The molecule has 0 saturated heterocycles. The highest BCUT2D eigenvalue weighted by Crippen LogP contribution is 2.19. The summed E-state index contributed by atoms with van der Waals surface area (Å²) >= 11 is 5.82. The average molecular weight is 267 g/mol. The van der Waals surface area contributed by atoms with Crippen LogP contribution in [-0.4, -0.2) is 20.9 Å². The highest BCUT2D eigenvalue weighted by molar-refractivity contribution is 6.30. The van der Waals surface area contributed by atoms with Crippen molar-refractivity contribution in [2.24, 2.45) is 7.05 Å². The lowest BCUT2D eigenvalue weighted by atomic mass is 10.2. The number of carbonyl (C=O) groups is 1. The molecule has 0 aliphatic rings. The topological polar surface area (TPSA) is 64.4 Å². The molecule has 0 aliphatic carbocycles. The number of halogens is 1. The predicted octanol–water partition coefficient (Wildman–Crippen LogP) is 2.35. The standard InChI is InChI=1S/C12H11ClN2O3/c1-15-11(12(16)17)8(6-14-15)7-18-10-4-2-3-9(13)5-10/h2-6H,7H2,1H3,(H,16,17). The van der Waals surface area contributed by atoms with E-state index in [4.69, 9.17) is 21.4 Å². The van der Waals surface area contributed by atoms with Crippen molar-refractivity contribution in [2.75, 3.05) is 0 Å². The maximum Gasteiger partial charge on any atom is 0.354 e. The first-order chi connectivity index (χ1) is 8.58. The van der Waals surface area contributed by atoms with Gasteiger partial charge >= 0.3 is 5.97 Å². The first kappa shape index (κ1) is 12.4. The number of ether oxygens (including phenoxy) is 1. The van der Waals surface area contributed by atoms with Gasteiger partial charge in [-0.3, -0.25) is 4.68 Å². The van der Waals surface area contributed by atoms with Crippen molar-refractivity contribution in [1.82, 2.24) is 9.78 Å². The molecule has 0 amide bonds. The Hall–Kier alpha value is -2.01. The molecular weight excluding hydrogens is 256 g/mol. The third kappa shape index (κ3) is 2.62. The number of carboxylic acid groups (broad SMARTS) is 1. The van der Waals surface area contributed by atoms with Crippen LogP contribution in [0.4, 0.5) is 0 Å². The average Bonchev–Trinajstić information content (AvgIpc) is 2.68. The molecule has 1 heterocycles. The molecule has 5 nitrogen and oxygen atoms in total. The van der Waals surface area contributed by atoms with Crippen molar-refractivity contribution < 1.29 is 14.6 Å². The summed E-state index contributed by atoms with van der Waals surface area (Å²) in [7, 11) is 1.58. The molecule has 0 aliphatic heterocycles. The zero-order valence-electron chi connectivity index (χ0n) is 9.63. The Kier molecular flexibility index (Phi) is 3.53. The van der Waals surface area contributed by atoms with Crippen LogP contribution in [0.3, 0.4) is 0 Å². The lowest BCUT2D eigenvalue weighted by Crippen LogP contribution is -2.09. The normalized spacial score (nSPS) is 10.3. The highest BCUT2D eigenvalue weighted by Gasteiger charge is 2.15. The van der Waals surface area contributed by atoms with Crippen LogP contribution in [0.2, 0.25) is 5.02 Å². The van der Waals surface area contributed by atoms with E-state index in [2.05, 4.69) is 5.10 Å². The summed E-state index contributed by atoms with van der Waals surface area (Å²) in [6.07, 6.45) is 1.48. The summed E-state index contributed by atoms with van der Waals surface area (Å²) in [5.74, 6) is -0.442. The molecule has 0 fully saturated rings. The molecule has 0 unspecified atom stereocenters. The molecule has 6 heteroatoms. The summed E-state index contributed by atoms with van der Waals surface area (Å²) in [5, 5.41) is 13.5. The third-order valence-electron chi connectivity index (χ3n) is 2.41. The Balaban J connectivity index is 2.13. The van der Waals surface area contributed by atoms with E-state index in [-0.39, 0.29) is 12.3 Å². The fourth-order valence-corrected chi connectivity index (χ4v) is 1.76.